The van der Waals surface area contributed by atoms with E-state index in [9.17, 15) is 4.79 Å². The molecule has 0 spiro atoms. The summed E-state index contributed by atoms with van der Waals surface area (Å²) < 4.78 is 16.5. The monoisotopic (exact) mass is 374 g/mol. The Kier molecular flexibility index (Phi) is 6.12. The highest BCUT2D eigenvalue weighted by molar-refractivity contribution is 6.07. The molecule has 0 amide bonds. The predicted molar refractivity (Wildman–Crippen MR) is 111 cm³/mol. The normalized spacial score (nSPS) is 10.7. The van der Waals surface area contributed by atoms with Crippen molar-refractivity contribution in [3.05, 3.63) is 83.9 Å². The van der Waals surface area contributed by atoms with Gasteiger partial charge in [-0.15, -0.1) is 0 Å². The Morgan fingerprint density at radius 1 is 0.714 bits per heavy atom. The van der Waals surface area contributed by atoms with Gasteiger partial charge in [0.1, 0.15) is 0 Å². The van der Waals surface area contributed by atoms with Crippen LogP contribution in [0.2, 0.25) is 0 Å². The Morgan fingerprint density at radius 3 is 2.07 bits per heavy atom. The van der Waals surface area contributed by atoms with E-state index in [-0.39, 0.29) is 5.78 Å². The molecule has 4 nitrogen and oxygen atoms in total. The molecule has 0 fully saturated rings. The second-order valence-electron chi connectivity index (χ2n) is 6.03. The van der Waals surface area contributed by atoms with Gasteiger partial charge in [0.15, 0.2) is 17.3 Å². The topological polar surface area (TPSA) is 44.8 Å². The minimum atomic E-state index is -0.0466. The van der Waals surface area contributed by atoms with Crippen molar-refractivity contribution in [2.24, 2.45) is 0 Å². The molecular formula is C24H22O4. The third-order valence-corrected chi connectivity index (χ3v) is 4.43. The summed E-state index contributed by atoms with van der Waals surface area (Å²) in [7, 11) is 4.76. The Labute approximate surface area is 165 Å². The summed E-state index contributed by atoms with van der Waals surface area (Å²) in [5.74, 6) is 1.66. The zero-order valence-corrected chi connectivity index (χ0v) is 16.1. The van der Waals surface area contributed by atoms with E-state index in [2.05, 4.69) is 0 Å². The van der Waals surface area contributed by atoms with E-state index >= 15 is 0 Å². The zero-order chi connectivity index (χ0) is 19.9. The Balaban J connectivity index is 2.04. The molecule has 0 aromatic heterocycles. The van der Waals surface area contributed by atoms with Crippen LogP contribution in [0.5, 0.6) is 17.2 Å². The molecular weight excluding hydrogens is 352 g/mol. The highest BCUT2D eigenvalue weighted by Gasteiger charge is 2.18. The number of carbonyl (C=O) groups is 1. The van der Waals surface area contributed by atoms with Gasteiger partial charge in [-0.2, -0.15) is 0 Å². The van der Waals surface area contributed by atoms with E-state index in [0.29, 0.717) is 22.8 Å². The van der Waals surface area contributed by atoms with Crippen LogP contribution in [0.4, 0.5) is 0 Å². The van der Waals surface area contributed by atoms with E-state index in [4.69, 9.17) is 14.2 Å². The van der Waals surface area contributed by atoms with Gasteiger partial charge in [0, 0.05) is 11.1 Å². The summed E-state index contributed by atoms with van der Waals surface area (Å²) >= 11 is 0. The lowest BCUT2D eigenvalue weighted by Crippen LogP contribution is -1.98. The third-order valence-electron chi connectivity index (χ3n) is 4.43. The van der Waals surface area contributed by atoms with Gasteiger partial charge in [0.25, 0.3) is 0 Å². The van der Waals surface area contributed by atoms with Crippen LogP contribution in [0.15, 0.2) is 72.8 Å². The minimum absolute atomic E-state index is 0.0466. The fraction of sp³-hybridized carbons (Fsp3) is 0.125. The number of allylic oxidation sites excluding steroid dienone is 1. The summed E-state index contributed by atoms with van der Waals surface area (Å²) in [5, 5.41) is 0. The molecule has 0 aliphatic carbocycles. The first-order chi connectivity index (χ1) is 13.7. The van der Waals surface area contributed by atoms with Gasteiger partial charge in [-0.25, -0.2) is 0 Å². The van der Waals surface area contributed by atoms with E-state index in [1.807, 2.05) is 60.7 Å². The molecule has 3 aromatic rings. The van der Waals surface area contributed by atoms with Crippen LogP contribution in [0.3, 0.4) is 0 Å². The highest BCUT2D eigenvalue weighted by Crippen LogP contribution is 2.45. The fourth-order valence-electron chi connectivity index (χ4n) is 3.07. The molecule has 28 heavy (non-hydrogen) atoms. The maximum atomic E-state index is 12.4. The number of rotatable bonds is 7. The van der Waals surface area contributed by atoms with Crippen molar-refractivity contribution in [1.29, 1.82) is 0 Å². The van der Waals surface area contributed by atoms with Crippen LogP contribution >= 0.6 is 0 Å². The first-order valence-electron chi connectivity index (χ1n) is 8.85. The van der Waals surface area contributed by atoms with Crippen molar-refractivity contribution in [3.63, 3.8) is 0 Å². The molecule has 0 aliphatic heterocycles. The molecule has 0 saturated heterocycles. The number of carbonyl (C=O) groups excluding carboxylic acids is 1. The smallest absolute Gasteiger partial charge is 0.203 e. The molecule has 0 N–H and O–H groups in total. The molecule has 0 bridgehead atoms. The molecule has 0 heterocycles. The average molecular weight is 374 g/mol. The quantitative estimate of drug-likeness (QED) is 0.417. The fourth-order valence-corrected chi connectivity index (χ4v) is 3.07. The standard InChI is InChI=1S/C24H22O4/c1-26-22-16-14-20(23(27-2)24(22)28-3)19-12-8-7-9-17(19)13-15-21(25)18-10-5-4-6-11-18/h4-16H,1-3H3/b15-13+. The van der Waals surface area contributed by atoms with Crippen LogP contribution in [0.1, 0.15) is 15.9 Å². The highest BCUT2D eigenvalue weighted by atomic mass is 16.5. The summed E-state index contributed by atoms with van der Waals surface area (Å²) in [6.07, 6.45) is 3.40. The van der Waals surface area contributed by atoms with E-state index in [1.54, 1.807) is 39.5 Å². The molecule has 0 radical (unpaired) electrons. The van der Waals surface area contributed by atoms with Crippen LogP contribution in [0.25, 0.3) is 17.2 Å². The average Bonchev–Trinajstić information content (AvgIpc) is 2.77. The van der Waals surface area contributed by atoms with Crippen LogP contribution < -0.4 is 14.2 Å². The lowest BCUT2D eigenvalue weighted by molar-refractivity contribution is 0.104. The van der Waals surface area contributed by atoms with Crippen molar-refractivity contribution in [1.82, 2.24) is 0 Å². The number of methoxy groups -OCH3 is 3. The molecule has 0 aliphatic rings. The molecule has 0 atom stereocenters. The largest absolute Gasteiger partial charge is 0.493 e. The van der Waals surface area contributed by atoms with E-state index < -0.39 is 0 Å². The van der Waals surface area contributed by atoms with Gasteiger partial charge in [0.05, 0.1) is 21.3 Å². The maximum Gasteiger partial charge on any atom is 0.203 e. The summed E-state index contributed by atoms with van der Waals surface area (Å²) in [4.78, 5) is 12.4. The molecule has 0 unspecified atom stereocenters. The minimum Gasteiger partial charge on any atom is -0.493 e. The lowest BCUT2D eigenvalue weighted by Gasteiger charge is -2.17. The van der Waals surface area contributed by atoms with Gasteiger partial charge in [0.2, 0.25) is 5.75 Å². The van der Waals surface area contributed by atoms with Gasteiger partial charge in [-0.3, -0.25) is 4.79 Å². The van der Waals surface area contributed by atoms with E-state index in [1.165, 1.54) is 0 Å². The van der Waals surface area contributed by atoms with Gasteiger partial charge >= 0.3 is 0 Å². The van der Waals surface area contributed by atoms with Crippen molar-refractivity contribution in [2.45, 2.75) is 0 Å². The van der Waals surface area contributed by atoms with Gasteiger partial charge in [-0.1, -0.05) is 60.7 Å². The molecule has 0 saturated carbocycles. The van der Waals surface area contributed by atoms with E-state index in [0.717, 1.165) is 16.7 Å². The lowest BCUT2D eigenvalue weighted by atomic mass is 9.97. The maximum absolute atomic E-state index is 12.4. The zero-order valence-electron chi connectivity index (χ0n) is 16.1. The number of ether oxygens (including phenoxy) is 3. The SMILES string of the molecule is COc1ccc(-c2ccccc2/C=C/C(=O)c2ccccc2)c(OC)c1OC. The number of ketones is 1. The number of hydrogen-bond acceptors (Lipinski definition) is 4. The van der Waals surface area contributed by atoms with Crippen molar-refractivity contribution < 1.29 is 19.0 Å². The van der Waals surface area contributed by atoms with Crippen molar-refractivity contribution in [2.75, 3.05) is 21.3 Å². The summed E-state index contributed by atoms with van der Waals surface area (Å²) in [6.45, 7) is 0. The van der Waals surface area contributed by atoms with Crippen molar-refractivity contribution >= 4 is 11.9 Å². The molecule has 3 aromatic carbocycles. The Morgan fingerprint density at radius 2 is 1.39 bits per heavy atom. The van der Waals surface area contributed by atoms with Gasteiger partial charge < -0.3 is 14.2 Å². The third kappa shape index (κ3) is 3.91. The molecule has 4 heteroatoms. The molecule has 142 valence electrons. The summed E-state index contributed by atoms with van der Waals surface area (Å²) in [6, 6.07) is 20.8. The number of benzene rings is 3. The first-order valence-corrected chi connectivity index (χ1v) is 8.85. The second-order valence-corrected chi connectivity index (χ2v) is 6.03. The van der Waals surface area contributed by atoms with Crippen molar-refractivity contribution in [3.8, 4) is 28.4 Å². The first kappa shape index (κ1) is 19.2. The van der Waals surface area contributed by atoms with Crippen LogP contribution in [-0.2, 0) is 0 Å². The summed E-state index contributed by atoms with van der Waals surface area (Å²) in [5.41, 5.74) is 3.34. The van der Waals surface area contributed by atoms with Gasteiger partial charge in [-0.05, 0) is 29.3 Å². The predicted octanol–water partition coefficient (Wildman–Crippen LogP) is 5.28. The Bertz CT molecular complexity index is 991. The van der Waals surface area contributed by atoms with Crippen LogP contribution in [0, 0.1) is 0 Å². The van der Waals surface area contributed by atoms with Crippen LogP contribution in [-0.4, -0.2) is 27.1 Å². The number of hydrogen-bond donors (Lipinski definition) is 0. The molecule has 3 rings (SSSR count). The Hall–Kier alpha value is -3.53. The second kappa shape index (κ2) is 8.91.